The summed E-state index contributed by atoms with van der Waals surface area (Å²) in [4.78, 5) is 11.7. The Balaban J connectivity index is 1.88. The molecule has 7 heteroatoms. The highest BCUT2D eigenvalue weighted by Gasteiger charge is 2.36. The number of nitrogens with zero attached hydrogens (tertiary/aromatic N) is 2. The Hall–Kier alpha value is -2.25. The van der Waals surface area contributed by atoms with E-state index in [-0.39, 0.29) is 5.56 Å². The number of aliphatic hydroxyl groups is 1. The highest BCUT2D eigenvalue weighted by atomic mass is 19.1. The van der Waals surface area contributed by atoms with Crippen LogP contribution in [0.1, 0.15) is 52.0 Å². The van der Waals surface area contributed by atoms with Crippen molar-refractivity contribution < 1.29 is 14.3 Å². The number of primary amides is 1. The van der Waals surface area contributed by atoms with Crippen LogP contribution in [0.4, 0.5) is 4.39 Å². The number of nitrogens with one attached hydrogen (secondary N) is 1. The summed E-state index contributed by atoms with van der Waals surface area (Å²) in [5.74, 6) is -1.03. The zero-order chi connectivity index (χ0) is 16.1. The maximum absolute atomic E-state index is 13.8. The number of carbonyl (C=O) groups excluding carboxylic acids is 1. The van der Waals surface area contributed by atoms with Crippen LogP contribution in [0.2, 0.25) is 0 Å². The third-order valence-electron chi connectivity index (χ3n) is 4.75. The number of halogens is 1. The first-order chi connectivity index (χ1) is 11.1. The molecule has 0 saturated carbocycles. The molecule has 1 unspecified atom stereocenters. The molecule has 23 heavy (non-hydrogen) atoms. The average molecular weight is 316 g/mol. The summed E-state index contributed by atoms with van der Waals surface area (Å²) in [6, 6.07) is 2.34. The van der Waals surface area contributed by atoms with Crippen LogP contribution in [-0.4, -0.2) is 33.9 Å². The lowest BCUT2D eigenvalue weighted by Gasteiger charge is -2.23. The number of fused-ring (bicyclic) bond motifs is 3. The molecule has 2 aromatic rings. The van der Waals surface area contributed by atoms with Crippen molar-refractivity contribution in [1.82, 2.24) is 15.1 Å². The highest BCUT2D eigenvalue weighted by molar-refractivity contribution is 5.97. The van der Waals surface area contributed by atoms with Crippen LogP contribution >= 0.6 is 0 Å². The molecule has 4 rings (SSSR count). The van der Waals surface area contributed by atoms with Gasteiger partial charge in [-0.1, -0.05) is 0 Å². The van der Waals surface area contributed by atoms with Gasteiger partial charge in [-0.3, -0.25) is 4.79 Å². The van der Waals surface area contributed by atoms with Crippen molar-refractivity contribution in [3.63, 3.8) is 0 Å². The molecule has 2 aliphatic rings. The van der Waals surface area contributed by atoms with Gasteiger partial charge in [0.1, 0.15) is 11.9 Å². The van der Waals surface area contributed by atoms with Gasteiger partial charge in [0.15, 0.2) is 0 Å². The number of benzene rings is 1. The van der Waals surface area contributed by atoms with Crippen LogP contribution in [0.3, 0.4) is 0 Å². The van der Waals surface area contributed by atoms with Crippen molar-refractivity contribution in [2.75, 3.05) is 13.1 Å². The molecule has 0 radical (unpaired) electrons. The van der Waals surface area contributed by atoms with Crippen LogP contribution in [-0.2, 0) is 0 Å². The third kappa shape index (κ3) is 2.08. The molecule has 120 valence electrons. The Morgan fingerprint density at radius 2 is 2.09 bits per heavy atom. The van der Waals surface area contributed by atoms with Gasteiger partial charge in [0, 0.05) is 5.56 Å². The second-order valence-electron chi connectivity index (χ2n) is 6.08. The Labute approximate surface area is 132 Å². The molecule has 3 heterocycles. The SMILES string of the molecule is NC(=O)c1cc(F)cc2c1-n1ncc(C3CCNCC3)c1C2O. The summed E-state index contributed by atoms with van der Waals surface area (Å²) in [7, 11) is 0. The van der Waals surface area contributed by atoms with Crippen molar-refractivity contribution in [1.29, 1.82) is 0 Å². The molecule has 1 saturated heterocycles. The summed E-state index contributed by atoms with van der Waals surface area (Å²) in [6.07, 6.45) is 2.66. The summed E-state index contributed by atoms with van der Waals surface area (Å²) in [5, 5.41) is 18.3. The number of hydrogen-bond acceptors (Lipinski definition) is 4. The standard InChI is InChI=1S/C16H17FN4O2/c17-9-5-10-13(11(6-9)16(18)23)21-14(15(10)22)12(7-20-21)8-1-3-19-4-2-8/h5-8,15,19,22H,1-4H2,(H2,18,23). The molecule has 4 N–H and O–H groups in total. The third-order valence-corrected chi connectivity index (χ3v) is 4.75. The van der Waals surface area contributed by atoms with E-state index >= 15 is 0 Å². The predicted molar refractivity (Wildman–Crippen MR) is 80.9 cm³/mol. The van der Waals surface area contributed by atoms with Crippen molar-refractivity contribution in [2.45, 2.75) is 24.9 Å². The predicted octanol–water partition coefficient (Wildman–Crippen LogP) is 0.972. The first kappa shape index (κ1) is 14.3. The van der Waals surface area contributed by atoms with E-state index in [4.69, 9.17) is 5.73 Å². The quantitative estimate of drug-likeness (QED) is 0.770. The maximum atomic E-state index is 13.8. The number of amides is 1. The zero-order valence-electron chi connectivity index (χ0n) is 12.4. The maximum Gasteiger partial charge on any atom is 0.251 e. The fraction of sp³-hybridized carbons (Fsp3) is 0.375. The first-order valence-electron chi connectivity index (χ1n) is 7.68. The second kappa shape index (κ2) is 5.14. The molecule has 6 nitrogen and oxygen atoms in total. The van der Waals surface area contributed by atoms with Crippen LogP contribution in [0.25, 0.3) is 5.69 Å². The molecule has 2 aliphatic heterocycles. The highest BCUT2D eigenvalue weighted by Crippen LogP contribution is 2.43. The van der Waals surface area contributed by atoms with Gasteiger partial charge >= 0.3 is 0 Å². The fourth-order valence-corrected chi connectivity index (χ4v) is 3.67. The molecule has 1 fully saturated rings. The molecule has 1 amide bonds. The number of piperidine rings is 1. The molecule has 1 atom stereocenters. The second-order valence-corrected chi connectivity index (χ2v) is 6.08. The molecule has 0 bridgehead atoms. The largest absolute Gasteiger partial charge is 0.382 e. The van der Waals surface area contributed by atoms with Crippen LogP contribution < -0.4 is 11.1 Å². The van der Waals surface area contributed by atoms with Crippen molar-refractivity contribution in [2.24, 2.45) is 5.73 Å². The van der Waals surface area contributed by atoms with E-state index in [1.807, 2.05) is 0 Å². The lowest BCUT2D eigenvalue weighted by atomic mass is 9.89. The van der Waals surface area contributed by atoms with Gasteiger partial charge in [-0.15, -0.1) is 0 Å². The number of aromatic nitrogens is 2. The molecule has 1 aromatic heterocycles. The molecular weight excluding hydrogens is 299 g/mol. The summed E-state index contributed by atoms with van der Waals surface area (Å²) < 4.78 is 15.3. The van der Waals surface area contributed by atoms with E-state index in [1.54, 1.807) is 6.20 Å². The first-order valence-corrected chi connectivity index (χ1v) is 7.68. The Kier molecular flexibility index (Phi) is 3.21. The minimum absolute atomic E-state index is 0.0396. The Bertz CT molecular complexity index is 796. The summed E-state index contributed by atoms with van der Waals surface area (Å²) >= 11 is 0. The summed E-state index contributed by atoms with van der Waals surface area (Å²) in [6.45, 7) is 1.83. The van der Waals surface area contributed by atoms with Gasteiger partial charge in [0.2, 0.25) is 0 Å². The van der Waals surface area contributed by atoms with Crippen molar-refractivity contribution >= 4 is 5.91 Å². The van der Waals surface area contributed by atoms with Gasteiger partial charge in [0.25, 0.3) is 5.91 Å². The Morgan fingerprint density at radius 3 is 2.78 bits per heavy atom. The topological polar surface area (TPSA) is 93.2 Å². The summed E-state index contributed by atoms with van der Waals surface area (Å²) in [5.41, 5.74) is 7.73. The van der Waals surface area contributed by atoms with Gasteiger partial charge in [-0.05, 0) is 49.5 Å². The van der Waals surface area contributed by atoms with Gasteiger partial charge in [-0.25, -0.2) is 9.07 Å². The van der Waals surface area contributed by atoms with E-state index in [9.17, 15) is 14.3 Å². The monoisotopic (exact) mass is 316 g/mol. The van der Waals surface area contributed by atoms with Crippen molar-refractivity contribution in [3.05, 3.63) is 46.5 Å². The van der Waals surface area contributed by atoms with Crippen molar-refractivity contribution in [3.8, 4) is 5.69 Å². The number of hydrogen-bond donors (Lipinski definition) is 3. The fourth-order valence-electron chi connectivity index (χ4n) is 3.67. The van der Waals surface area contributed by atoms with Crippen LogP contribution in [0.5, 0.6) is 0 Å². The number of aliphatic hydroxyl groups excluding tert-OH is 1. The van der Waals surface area contributed by atoms with E-state index in [2.05, 4.69) is 10.4 Å². The van der Waals surface area contributed by atoms with Crippen LogP contribution in [0, 0.1) is 5.82 Å². The van der Waals surface area contributed by atoms with Gasteiger partial charge in [0.05, 0.1) is 23.1 Å². The molecule has 0 spiro atoms. The Morgan fingerprint density at radius 1 is 1.35 bits per heavy atom. The van der Waals surface area contributed by atoms with E-state index in [0.29, 0.717) is 22.9 Å². The van der Waals surface area contributed by atoms with E-state index in [1.165, 1.54) is 10.7 Å². The van der Waals surface area contributed by atoms with Gasteiger partial charge in [-0.2, -0.15) is 5.10 Å². The lowest BCUT2D eigenvalue weighted by Crippen LogP contribution is -2.27. The van der Waals surface area contributed by atoms with Gasteiger partial charge < -0.3 is 16.2 Å². The number of rotatable bonds is 2. The minimum Gasteiger partial charge on any atom is -0.382 e. The molecular formula is C16H17FN4O2. The molecule has 1 aromatic carbocycles. The molecule has 0 aliphatic carbocycles. The normalized spacial score (nSPS) is 20.3. The average Bonchev–Trinajstić information content (AvgIpc) is 3.08. The smallest absolute Gasteiger partial charge is 0.251 e. The van der Waals surface area contributed by atoms with E-state index < -0.39 is 17.8 Å². The number of carbonyl (C=O) groups is 1. The van der Waals surface area contributed by atoms with E-state index in [0.717, 1.165) is 37.6 Å². The minimum atomic E-state index is -0.994. The zero-order valence-corrected chi connectivity index (χ0v) is 12.4. The lowest BCUT2D eigenvalue weighted by molar-refractivity contribution is 0.0999. The number of nitrogens with two attached hydrogens (primary N) is 1. The van der Waals surface area contributed by atoms with Crippen LogP contribution in [0.15, 0.2) is 18.3 Å².